The minimum Gasteiger partial charge on any atom is -0.480 e. The van der Waals surface area contributed by atoms with Crippen molar-refractivity contribution in [3.05, 3.63) is 22.8 Å². The Hall–Kier alpha value is -1.43. The zero-order valence-electron chi connectivity index (χ0n) is 10.2. The highest BCUT2D eigenvalue weighted by atomic mass is 35.5. The summed E-state index contributed by atoms with van der Waals surface area (Å²) in [6.07, 6.45) is 2.07. The molecule has 4 nitrogen and oxygen atoms in total. The number of hydrogen-bond acceptors (Lipinski definition) is 4. The van der Waals surface area contributed by atoms with Gasteiger partial charge in [-0.15, -0.1) is 0 Å². The Bertz CT molecular complexity index is 492. The predicted octanol–water partition coefficient (Wildman–Crippen LogP) is 2.83. The molecular weight excluding hydrogens is 280 g/mol. The predicted molar refractivity (Wildman–Crippen MR) is 63.3 cm³/mol. The summed E-state index contributed by atoms with van der Waals surface area (Å²) in [7, 11) is 1.41. The van der Waals surface area contributed by atoms with E-state index in [-0.39, 0.29) is 17.5 Å². The summed E-state index contributed by atoms with van der Waals surface area (Å²) in [5.41, 5.74) is 0.422. The number of methoxy groups -OCH3 is 1. The average molecular weight is 292 g/mol. The van der Waals surface area contributed by atoms with E-state index < -0.39 is 17.8 Å². The number of hydrogen-bond donors (Lipinski definition) is 0. The fourth-order valence-corrected chi connectivity index (χ4v) is 1.82. The number of rotatable bonds is 5. The molecule has 0 unspecified atom stereocenters. The van der Waals surface area contributed by atoms with E-state index in [1.807, 2.05) is 0 Å². The maximum Gasteiger partial charge on any atom is 0.377 e. The van der Waals surface area contributed by atoms with Crippen molar-refractivity contribution in [3.63, 3.8) is 0 Å². The summed E-state index contributed by atoms with van der Waals surface area (Å²) in [6.45, 7) is -0.294. The van der Waals surface area contributed by atoms with Crippen molar-refractivity contribution >= 4 is 17.6 Å². The molecular formula is C12H12ClF2NO3. The molecule has 7 heteroatoms. The van der Waals surface area contributed by atoms with E-state index in [0.717, 1.165) is 0 Å². The zero-order valence-corrected chi connectivity index (χ0v) is 10.9. The van der Waals surface area contributed by atoms with Crippen LogP contribution in [-0.4, -0.2) is 24.0 Å². The minimum absolute atomic E-state index is 0.222. The maximum absolute atomic E-state index is 13.4. The molecule has 2 rings (SSSR count). The molecule has 0 bridgehead atoms. The van der Waals surface area contributed by atoms with E-state index in [9.17, 15) is 13.6 Å². The van der Waals surface area contributed by atoms with Gasteiger partial charge in [0.15, 0.2) is 0 Å². The second-order valence-electron chi connectivity index (χ2n) is 4.31. The van der Waals surface area contributed by atoms with E-state index in [0.29, 0.717) is 18.4 Å². The molecule has 1 heterocycles. The molecule has 0 saturated heterocycles. The van der Waals surface area contributed by atoms with E-state index >= 15 is 0 Å². The number of nitrogens with zero attached hydrogens (tertiary/aromatic N) is 1. The second-order valence-corrected chi connectivity index (χ2v) is 4.72. The van der Waals surface area contributed by atoms with Crippen LogP contribution in [0.1, 0.15) is 18.4 Å². The van der Waals surface area contributed by atoms with Gasteiger partial charge >= 0.3 is 11.9 Å². The minimum atomic E-state index is -3.40. The SMILES string of the molecule is COc1ncc(COC(=O)C(F)(F)C2CC2)cc1Cl. The fraction of sp³-hybridized carbons (Fsp3) is 0.500. The van der Waals surface area contributed by atoms with Crippen LogP contribution in [0.3, 0.4) is 0 Å². The molecule has 19 heavy (non-hydrogen) atoms. The Kier molecular flexibility index (Phi) is 3.89. The molecule has 0 atom stereocenters. The molecule has 0 N–H and O–H groups in total. The van der Waals surface area contributed by atoms with Crippen molar-refractivity contribution in [2.45, 2.75) is 25.4 Å². The number of halogens is 3. The van der Waals surface area contributed by atoms with Crippen molar-refractivity contribution in [2.75, 3.05) is 7.11 Å². The third-order valence-corrected chi connectivity index (χ3v) is 3.06. The number of esters is 1. The van der Waals surface area contributed by atoms with Gasteiger partial charge in [0.05, 0.1) is 7.11 Å². The van der Waals surface area contributed by atoms with Crippen molar-refractivity contribution in [2.24, 2.45) is 5.92 Å². The van der Waals surface area contributed by atoms with Gasteiger partial charge in [0.2, 0.25) is 5.88 Å². The highest BCUT2D eigenvalue weighted by Crippen LogP contribution is 2.44. The largest absolute Gasteiger partial charge is 0.480 e. The Balaban J connectivity index is 1.95. The van der Waals surface area contributed by atoms with Crippen molar-refractivity contribution in [1.82, 2.24) is 4.98 Å². The van der Waals surface area contributed by atoms with Gasteiger partial charge in [0, 0.05) is 17.7 Å². The molecule has 0 spiro atoms. The van der Waals surface area contributed by atoms with Gasteiger partial charge in [-0.05, 0) is 18.9 Å². The molecule has 1 aliphatic carbocycles. The lowest BCUT2D eigenvalue weighted by molar-refractivity contribution is -0.176. The number of aromatic nitrogens is 1. The van der Waals surface area contributed by atoms with Crippen molar-refractivity contribution in [3.8, 4) is 5.88 Å². The Morgan fingerprint density at radius 3 is 2.79 bits per heavy atom. The van der Waals surface area contributed by atoms with Crippen LogP contribution in [-0.2, 0) is 16.1 Å². The van der Waals surface area contributed by atoms with Crippen LogP contribution in [0.15, 0.2) is 12.3 Å². The van der Waals surface area contributed by atoms with Crippen LogP contribution < -0.4 is 4.74 Å². The number of alkyl halides is 2. The number of pyridine rings is 1. The summed E-state index contributed by atoms with van der Waals surface area (Å²) in [4.78, 5) is 15.1. The van der Waals surface area contributed by atoms with E-state index in [1.165, 1.54) is 19.4 Å². The number of ether oxygens (including phenoxy) is 2. The molecule has 0 radical (unpaired) electrons. The summed E-state index contributed by atoms with van der Waals surface area (Å²) in [6, 6.07) is 1.45. The molecule has 0 aliphatic heterocycles. The lowest BCUT2D eigenvalue weighted by Gasteiger charge is -2.14. The summed E-state index contributed by atoms with van der Waals surface area (Å²) in [5.74, 6) is -5.55. The first-order chi connectivity index (χ1) is 8.95. The van der Waals surface area contributed by atoms with Gasteiger partial charge in [-0.25, -0.2) is 9.78 Å². The van der Waals surface area contributed by atoms with Gasteiger partial charge in [0.25, 0.3) is 0 Å². The molecule has 104 valence electrons. The molecule has 1 aliphatic rings. The third-order valence-electron chi connectivity index (χ3n) is 2.79. The average Bonchev–Trinajstić information content (AvgIpc) is 3.20. The van der Waals surface area contributed by atoms with Gasteiger partial charge in [-0.1, -0.05) is 11.6 Å². The van der Waals surface area contributed by atoms with Crippen LogP contribution in [0.2, 0.25) is 5.02 Å². The van der Waals surface area contributed by atoms with Crippen LogP contribution in [0.5, 0.6) is 5.88 Å². The molecule has 1 fully saturated rings. The Morgan fingerprint density at radius 2 is 2.26 bits per heavy atom. The van der Waals surface area contributed by atoms with Gasteiger partial charge in [-0.3, -0.25) is 0 Å². The fourth-order valence-electron chi connectivity index (χ4n) is 1.55. The van der Waals surface area contributed by atoms with E-state index in [1.54, 1.807) is 0 Å². The molecule has 1 aromatic rings. The lowest BCUT2D eigenvalue weighted by Crippen LogP contribution is -2.32. The Morgan fingerprint density at radius 1 is 1.58 bits per heavy atom. The quantitative estimate of drug-likeness (QED) is 0.783. The highest BCUT2D eigenvalue weighted by molar-refractivity contribution is 6.31. The second kappa shape index (κ2) is 5.28. The summed E-state index contributed by atoms with van der Waals surface area (Å²) >= 11 is 5.82. The summed E-state index contributed by atoms with van der Waals surface area (Å²) < 4.78 is 36.2. The van der Waals surface area contributed by atoms with Crippen LogP contribution in [0, 0.1) is 5.92 Å². The number of carbonyl (C=O) groups excluding carboxylic acids is 1. The monoisotopic (exact) mass is 291 g/mol. The standard InChI is InChI=1S/C12H12ClF2NO3/c1-18-10-9(13)4-7(5-16-10)6-19-11(17)12(14,15)8-2-3-8/h4-5,8H,2-3,6H2,1H3. The zero-order chi connectivity index (χ0) is 14.0. The molecule has 1 saturated carbocycles. The van der Waals surface area contributed by atoms with Crippen molar-refractivity contribution < 1.29 is 23.0 Å². The topological polar surface area (TPSA) is 48.4 Å². The van der Waals surface area contributed by atoms with Gasteiger partial charge in [0.1, 0.15) is 11.6 Å². The molecule has 0 amide bonds. The smallest absolute Gasteiger partial charge is 0.377 e. The normalized spacial score (nSPS) is 15.2. The van der Waals surface area contributed by atoms with Crippen LogP contribution >= 0.6 is 11.6 Å². The Labute approximate surface area is 113 Å². The first-order valence-electron chi connectivity index (χ1n) is 5.68. The van der Waals surface area contributed by atoms with Crippen molar-refractivity contribution in [1.29, 1.82) is 0 Å². The first kappa shape index (κ1) is 14.0. The molecule has 1 aromatic heterocycles. The first-order valence-corrected chi connectivity index (χ1v) is 6.06. The van der Waals surface area contributed by atoms with Crippen LogP contribution in [0.25, 0.3) is 0 Å². The third kappa shape index (κ3) is 3.12. The van der Waals surface area contributed by atoms with Gasteiger partial charge < -0.3 is 9.47 Å². The van der Waals surface area contributed by atoms with Gasteiger partial charge in [-0.2, -0.15) is 8.78 Å². The van der Waals surface area contributed by atoms with E-state index in [2.05, 4.69) is 9.72 Å². The van der Waals surface area contributed by atoms with Crippen LogP contribution in [0.4, 0.5) is 8.78 Å². The van der Waals surface area contributed by atoms with E-state index in [4.69, 9.17) is 16.3 Å². The highest BCUT2D eigenvalue weighted by Gasteiger charge is 2.54. The maximum atomic E-state index is 13.4. The summed E-state index contributed by atoms with van der Waals surface area (Å²) in [5, 5.41) is 0.227. The lowest BCUT2D eigenvalue weighted by atomic mass is 10.2. The molecule has 0 aromatic carbocycles. The number of carbonyl (C=O) groups is 1.